The first kappa shape index (κ1) is 47.3. The number of phenols is 2. The summed E-state index contributed by atoms with van der Waals surface area (Å²) < 4.78 is 26.8. The zero-order valence-corrected chi connectivity index (χ0v) is 41.2. The number of carbonyl (C=O) groups excluding carboxylic acids is 1. The van der Waals surface area contributed by atoms with Gasteiger partial charge in [0.05, 0.1) is 12.0 Å². The first-order valence-electron chi connectivity index (χ1n) is 25.0. The summed E-state index contributed by atoms with van der Waals surface area (Å²) in [5, 5.41) is 51.3. The average molecular weight is 987 g/mol. The van der Waals surface area contributed by atoms with Crippen molar-refractivity contribution in [2.75, 3.05) is 43.8 Å². The number of nitrogen functional groups attached to an aromatic ring is 1. The second kappa shape index (κ2) is 19.8. The van der Waals surface area contributed by atoms with Crippen LogP contribution in [0.3, 0.4) is 0 Å². The molecule has 3 fully saturated rings. The largest absolute Gasteiger partial charge is 0.508 e. The van der Waals surface area contributed by atoms with Gasteiger partial charge in [-0.2, -0.15) is 0 Å². The summed E-state index contributed by atoms with van der Waals surface area (Å²) in [5.41, 5.74) is 15.1. The molecule has 11 rings (SSSR count). The molecule has 8 N–H and O–H groups in total. The Morgan fingerprint density at radius 3 is 2.80 bits per heavy atom. The minimum absolute atomic E-state index is 0.0155. The Morgan fingerprint density at radius 1 is 1.06 bits per heavy atom. The standard InChI is InChI=1S/C55H62N4O9S2/c1-30(62)65-26-42-38-10-11-39-48-34(21-36(63)22-45(48)66-29-61)24-55-16-15-31(23-55)19-33-9-14-47(56)59-43(33)8-3-7-37-41(25-57-17-4-18-60)51(64)54-40(49(37)52(42)68-53(38)50(39)55)12-13-44-46(67-54)28-70-69-27-32-5-2-6-35(20-32)58-44/h9-14,21-22,31-32,35,42,44,46,52,57-58,60-61,63-64H,2,4-7,15-20,23-29H2,1H3,(H2,56,59)/t31-,32-,35+,42+,44+,46-,52+,55-/m1/s1. The first-order chi connectivity index (χ1) is 34.1. The molecule has 7 aliphatic rings. The number of nitrogens with zero attached hydrogens (tertiary/aromatic N) is 1. The van der Waals surface area contributed by atoms with E-state index in [-0.39, 0.29) is 55.7 Å². The number of rotatable bonds is 9. The van der Waals surface area contributed by atoms with Crippen LogP contribution in [0.1, 0.15) is 121 Å². The van der Waals surface area contributed by atoms with Crippen molar-refractivity contribution in [3.05, 3.63) is 92.7 Å². The van der Waals surface area contributed by atoms with Crippen LogP contribution < -0.4 is 30.6 Å². The van der Waals surface area contributed by atoms with E-state index in [9.17, 15) is 25.2 Å². The first-order valence-corrected chi connectivity index (χ1v) is 27.5. The summed E-state index contributed by atoms with van der Waals surface area (Å²) in [6, 6.07) is 11.7. The van der Waals surface area contributed by atoms with E-state index in [1.54, 1.807) is 6.07 Å². The minimum atomic E-state index is -0.736. The molecule has 3 aliphatic carbocycles. The number of fused-ring (bicyclic) bond motifs is 12. The third-order valence-electron chi connectivity index (χ3n) is 15.9. The normalized spacial score (nSPS) is 26.9. The Morgan fingerprint density at radius 2 is 1.94 bits per heavy atom. The predicted octanol–water partition coefficient (Wildman–Crippen LogP) is 7.75. The number of pyridine rings is 1. The van der Waals surface area contributed by atoms with Crippen molar-refractivity contribution < 1.29 is 44.2 Å². The fourth-order valence-corrected chi connectivity index (χ4v) is 15.5. The van der Waals surface area contributed by atoms with Crippen molar-refractivity contribution in [1.82, 2.24) is 15.6 Å². The second-order valence-corrected chi connectivity index (χ2v) is 22.9. The lowest BCUT2D eigenvalue weighted by Crippen LogP contribution is -2.49. The maximum Gasteiger partial charge on any atom is 0.302 e. The third-order valence-corrected chi connectivity index (χ3v) is 18.4. The van der Waals surface area contributed by atoms with Crippen LogP contribution in [0.5, 0.6) is 28.7 Å². The Kier molecular flexibility index (Phi) is 13.4. The molecule has 6 bridgehead atoms. The van der Waals surface area contributed by atoms with E-state index in [0.29, 0.717) is 71.2 Å². The van der Waals surface area contributed by atoms with Crippen LogP contribution in [0.4, 0.5) is 5.82 Å². The highest BCUT2D eigenvalue weighted by Gasteiger charge is 2.51. The highest BCUT2D eigenvalue weighted by atomic mass is 33.1. The monoisotopic (exact) mass is 986 g/mol. The molecule has 3 aromatic carbocycles. The van der Waals surface area contributed by atoms with E-state index < -0.39 is 30.2 Å². The highest BCUT2D eigenvalue weighted by molar-refractivity contribution is 8.76. The van der Waals surface area contributed by atoms with Gasteiger partial charge in [0, 0.05) is 88.9 Å². The number of nitrogens with one attached hydrogen (secondary N) is 2. The number of hydrogen-bond acceptors (Lipinski definition) is 15. The van der Waals surface area contributed by atoms with E-state index in [4.69, 9.17) is 29.7 Å². The van der Waals surface area contributed by atoms with Crippen LogP contribution >= 0.6 is 21.6 Å². The van der Waals surface area contributed by atoms with Crippen LogP contribution in [-0.2, 0) is 40.8 Å². The molecule has 15 heteroatoms. The maximum atomic E-state index is 12.9. The van der Waals surface area contributed by atoms with Gasteiger partial charge in [-0.25, -0.2) is 4.98 Å². The third kappa shape index (κ3) is 8.87. The average Bonchev–Trinajstić information content (AvgIpc) is 3.85. The van der Waals surface area contributed by atoms with E-state index in [1.165, 1.54) is 19.8 Å². The summed E-state index contributed by atoms with van der Waals surface area (Å²) >= 11 is 0. The van der Waals surface area contributed by atoms with Gasteiger partial charge in [-0.15, -0.1) is 0 Å². The van der Waals surface area contributed by atoms with Gasteiger partial charge in [-0.1, -0.05) is 64.3 Å². The van der Waals surface area contributed by atoms with Crippen molar-refractivity contribution in [2.45, 2.75) is 120 Å². The van der Waals surface area contributed by atoms with Gasteiger partial charge in [0.1, 0.15) is 47.6 Å². The SMILES string of the molecule is CC(=O)OC[C@H]1c2ccc3c4c2O[C@@H]1c1c2c(c(O)c(CNCCCO)c1CC#Cc1nc(N)ccc1C[C@H]1CC[C@]4(Cc4cc(O)cc(OCO)c4-3)C1)O[C@@H]1CSSC[C@@H]3CCC[C@@H](C3)N[C@H]1C=C2. The molecule has 1 spiro atoms. The summed E-state index contributed by atoms with van der Waals surface area (Å²) in [6.07, 6.45) is 12.6. The van der Waals surface area contributed by atoms with Crippen LogP contribution in [-0.4, -0.2) is 87.6 Å². The summed E-state index contributed by atoms with van der Waals surface area (Å²) in [5.74, 6) is 10.7. The Balaban J connectivity index is 1.17. The van der Waals surface area contributed by atoms with Crippen molar-refractivity contribution in [3.63, 3.8) is 0 Å². The molecule has 1 saturated heterocycles. The van der Waals surface area contributed by atoms with Crippen molar-refractivity contribution in [3.8, 4) is 51.7 Å². The quantitative estimate of drug-likeness (QED) is 0.0282. The van der Waals surface area contributed by atoms with Gasteiger partial charge in [0.15, 0.2) is 18.3 Å². The fourth-order valence-electron chi connectivity index (χ4n) is 12.9. The zero-order valence-electron chi connectivity index (χ0n) is 39.6. The molecule has 5 heterocycles. The van der Waals surface area contributed by atoms with Gasteiger partial charge >= 0.3 is 5.97 Å². The van der Waals surface area contributed by atoms with Gasteiger partial charge in [-0.3, -0.25) is 4.79 Å². The number of phenolic OH excluding ortho intramolecular Hbond substituents is 2. The molecule has 4 aromatic rings. The van der Waals surface area contributed by atoms with Crippen LogP contribution in [0, 0.1) is 23.7 Å². The molecule has 1 aromatic heterocycles. The zero-order chi connectivity index (χ0) is 48.1. The lowest BCUT2D eigenvalue weighted by molar-refractivity contribution is -0.141. The van der Waals surface area contributed by atoms with Crippen molar-refractivity contribution >= 4 is 39.5 Å². The number of aliphatic hydroxyl groups excluding tert-OH is 2. The molecule has 0 radical (unpaired) electrons. The number of anilines is 1. The number of nitrogens with two attached hydrogens (primary N) is 1. The minimum Gasteiger partial charge on any atom is -0.508 e. The predicted molar refractivity (Wildman–Crippen MR) is 272 cm³/mol. The van der Waals surface area contributed by atoms with Gasteiger partial charge in [-0.05, 0) is 116 Å². The molecule has 13 nitrogen and oxygen atoms in total. The topological polar surface area (TPSA) is 198 Å². The summed E-state index contributed by atoms with van der Waals surface area (Å²) in [7, 11) is 3.74. The molecule has 0 unspecified atom stereocenters. The van der Waals surface area contributed by atoms with Gasteiger partial charge < -0.3 is 55.7 Å². The van der Waals surface area contributed by atoms with E-state index in [1.807, 2.05) is 39.8 Å². The number of aromatic nitrogens is 1. The molecule has 70 heavy (non-hydrogen) atoms. The number of hydrogen-bond donors (Lipinski definition) is 7. The number of carbonyl (C=O) groups is 1. The molecule has 8 atom stereocenters. The molecule has 368 valence electrons. The Labute approximate surface area is 417 Å². The lowest BCUT2D eigenvalue weighted by atomic mass is 9.65. The fraction of sp³-hybridized carbons (Fsp3) is 0.491. The lowest BCUT2D eigenvalue weighted by Gasteiger charge is -2.39. The Hall–Kier alpha value is -5.08. The van der Waals surface area contributed by atoms with E-state index in [0.717, 1.165) is 94.5 Å². The molecule has 4 aliphatic heterocycles. The number of aromatic hydroxyl groups is 2. The van der Waals surface area contributed by atoms with Gasteiger partial charge in [0.25, 0.3) is 0 Å². The van der Waals surface area contributed by atoms with Gasteiger partial charge in [0.2, 0.25) is 0 Å². The van der Waals surface area contributed by atoms with Crippen molar-refractivity contribution in [2.24, 2.45) is 11.8 Å². The van der Waals surface area contributed by atoms with Crippen molar-refractivity contribution in [1.29, 1.82) is 0 Å². The second-order valence-electron chi connectivity index (χ2n) is 20.3. The molecular formula is C55H62N4O9S2. The summed E-state index contributed by atoms with van der Waals surface area (Å²) in [4.78, 5) is 17.7. The van der Waals surface area contributed by atoms with E-state index in [2.05, 4.69) is 46.8 Å². The van der Waals surface area contributed by atoms with Crippen LogP contribution in [0.15, 0.2) is 42.5 Å². The maximum absolute atomic E-state index is 12.9. The van der Waals surface area contributed by atoms with Crippen LogP contribution in [0.25, 0.3) is 17.2 Å². The number of ether oxygens (including phenoxy) is 4. The molecule has 0 amide bonds. The Bertz CT molecular complexity index is 2790. The number of aliphatic hydroxyl groups is 2. The van der Waals surface area contributed by atoms with Crippen LogP contribution in [0.2, 0.25) is 0 Å². The smallest absolute Gasteiger partial charge is 0.302 e. The number of benzene rings is 3. The van der Waals surface area contributed by atoms with E-state index >= 15 is 0 Å². The molecule has 2 saturated carbocycles. The highest BCUT2D eigenvalue weighted by Crippen LogP contribution is 2.63. The summed E-state index contributed by atoms with van der Waals surface area (Å²) in [6.45, 7) is 1.66. The number of esters is 1. The molecular weight excluding hydrogens is 925 g/mol.